The van der Waals surface area contributed by atoms with Crippen LogP contribution in [-0.2, 0) is 12.7 Å². The number of hydrogen-bond donors (Lipinski definition) is 1. The first-order chi connectivity index (χ1) is 17.2. The smallest absolute Gasteiger partial charge is 0.347 e. The van der Waals surface area contributed by atoms with Gasteiger partial charge in [0.15, 0.2) is 5.69 Å². The molecule has 2 heterocycles. The van der Waals surface area contributed by atoms with Gasteiger partial charge in [-0.05, 0) is 54.0 Å². The van der Waals surface area contributed by atoms with Gasteiger partial charge in [0.25, 0.3) is 5.91 Å². The van der Waals surface area contributed by atoms with Crippen molar-refractivity contribution in [3.05, 3.63) is 98.9 Å². The van der Waals surface area contributed by atoms with Gasteiger partial charge in [0.2, 0.25) is 0 Å². The van der Waals surface area contributed by atoms with Gasteiger partial charge in [-0.3, -0.25) is 4.79 Å². The molecule has 182 valence electrons. The summed E-state index contributed by atoms with van der Waals surface area (Å²) in [6, 6.07) is 11.3. The quantitative estimate of drug-likeness (QED) is 0.222. The third-order valence-corrected chi connectivity index (χ3v) is 6.90. The molecule has 5 nitrogen and oxygen atoms in total. The van der Waals surface area contributed by atoms with Crippen LogP contribution in [-0.4, -0.2) is 15.7 Å². The third kappa shape index (κ3) is 4.75. The van der Waals surface area contributed by atoms with E-state index in [4.69, 9.17) is 6.57 Å². The maximum Gasteiger partial charge on any atom is 0.407 e. The number of aromatic nitrogens is 2. The number of halogens is 4. The van der Waals surface area contributed by atoms with Crippen LogP contribution >= 0.6 is 11.3 Å². The van der Waals surface area contributed by atoms with Crippen LogP contribution in [0.2, 0.25) is 0 Å². The largest absolute Gasteiger partial charge is 0.407 e. The zero-order chi connectivity index (χ0) is 25.4. The number of amides is 1. The fraction of sp³-hybridized carbons (Fsp3) is 0.192. The van der Waals surface area contributed by atoms with Crippen molar-refractivity contribution in [2.75, 3.05) is 0 Å². The Kier molecular flexibility index (Phi) is 6.10. The molecule has 0 spiro atoms. The zero-order valence-electron chi connectivity index (χ0n) is 18.6. The van der Waals surface area contributed by atoms with E-state index in [1.54, 1.807) is 6.07 Å². The van der Waals surface area contributed by atoms with E-state index in [9.17, 15) is 22.4 Å². The lowest BCUT2D eigenvalue weighted by molar-refractivity contribution is -0.136. The molecule has 36 heavy (non-hydrogen) atoms. The van der Waals surface area contributed by atoms with E-state index in [0.29, 0.717) is 22.0 Å². The number of benzene rings is 2. The van der Waals surface area contributed by atoms with Gasteiger partial charge in [-0.25, -0.2) is 13.9 Å². The Hall–Kier alpha value is -3.97. The molecule has 0 aliphatic heterocycles. The predicted octanol–water partition coefficient (Wildman–Crippen LogP) is 7.12. The molecule has 1 saturated carbocycles. The van der Waals surface area contributed by atoms with Crippen LogP contribution in [0.1, 0.15) is 45.1 Å². The highest BCUT2D eigenvalue weighted by atomic mass is 32.1. The molecule has 1 aliphatic carbocycles. The van der Waals surface area contributed by atoms with E-state index in [2.05, 4.69) is 15.3 Å². The number of nitrogens with one attached hydrogen (secondary N) is 1. The van der Waals surface area contributed by atoms with Crippen molar-refractivity contribution in [2.24, 2.45) is 0 Å². The van der Waals surface area contributed by atoms with Crippen LogP contribution < -0.4 is 5.32 Å². The molecule has 0 saturated heterocycles. The number of alkyl halides is 3. The number of nitrogens with zero attached hydrogens (tertiary/aromatic N) is 3. The predicted molar refractivity (Wildman–Crippen MR) is 128 cm³/mol. The summed E-state index contributed by atoms with van der Waals surface area (Å²) in [6.45, 7) is 6.98. The summed E-state index contributed by atoms with van der Waals surface area (Å²) in [5, 5.41) is 8.94. The minimum absolute atomic E-state index is 0.0188. The van der Waals surface area contributed by atoms with E-state index >= 15 is 0 Å². The van der Waals surface area contributed by atoms with Gasteiger partial charge in [0.1, 0.15) is 5.82 Å². The first-order valence-corrected chi connectivity index (χ1v) is 11.9. The summed E-state index contributed by atoms with van der Waals surface area (Å²) in [7, 11) is 0. The molecule has 2 aromatic carbocycles. The standard InChI is InChI=1S/C26H18F4N4OS/c1-31-23-7-5-16(12-20(23)26(28,29)30)22-8-10-34(33-22)18-6-4-17(21(27)13-18)14-32-25(35)24-19(9-11-36-24)15-2-3-15/h4-13,15H,2-3,14H2,(H,32,35). The van der Waals surface area contributed by atoms with E-state index in [1.807, 2.05) is 11.4 Å². The maximum absolute atomic E-state index is 14.8. The van der Waals surface area contributed by atoms with Crippen molar-refractivity contribution in [2.45, 2.75) is 31.5 Å². The van der Waals surface area contributed by atoms with Gasteiger partial charge in [-0.2, -0.15) is 18.3 Å². The van der Waals surface area contributed by atoms with Crippen molar-refractivity contribution in [1.82, 2.24) is 15.1 Å². The first-order valence-electron chi connectivity index (χ1n) is 11.0. The molecule has 1 N–H and O–H groups in total. The van der Waals surface area contributed by atoms with Gasteiger partial charge in [-0.15, -0.1) is 11.3 Å². The van der Waals surface area contributed by atoms with Crippen LogP contribution in [0.5, 0.6) is 0 Å². The Balaban J connectivity index is 1.31. The van der Waals surface area contributed by atoms with Gasteiger partial charge in [-0.1, -0.05) is 24.3 Å². The summed E-state index contributed by atoms with van der Waals surface area (Å²) in [5.41, 5.74) is 0.634. The molecular formula is C26H18F4N4OS. The summed E-state index contributed by atoms with van der Waals surface area (Å²) >= 11 is 1.38. The zero-order valence-corrected chi connectivity index (χ0v) is 19.5. The summed E-state index contributed by atoms with van der Waals surface area (Å²) < 4.78 is 56.0. The van der Waals surface area contributed by atoms with Crippen LogP contribution in [0, 0.1) is 12.4 Å². The van der Waals surface area contributed by atoms with E-state index in [0.717, 1.165) is 30.5 Å². The van der Waals surface area contributed by atoms with Crippen molar-refractivity contribution in [3.8, 4) is 16.9 Å². The second kappa shape index (κ2) is 9.24. The van der Waals surface area contributed by atoms with Gasteiger partial charge in [0.05, 0.1) is 28.4 Å². The lowest BCUT2D eigenvalue weighted by Crippen LogP contribution is -2.23. The number of carbonyl (C=O) groups is 1. The van der Waals surface area contributed by atoms with E-state index in [-0.39, 0.29) is 23.7 Å². The molecule has 5 rings (SSSR count). The van der Waals surface area contributed by atoms with Gasteiger partial charge in [0, 0.05) is 23.9 Å². The van der Waals surface area contributed by atoms with Crippen LogP contribution in [0.4, 0.5) is 23.2 Å². The second-order valence-corrected chi connectivity index (χ2v) is 9.34. The molecule has 4 aromatic rings. The molecular weight excluding hydrogens is 492 g/mol. The normalized spacial score (nSPS) is 13.4. The third-order valence-electron chi connectivity index (χ3n) is 5.97. The number of hydrogen-bond acceptors (Lipinski definition) is 3. The molecule has 10 heteroatoms. The molecule has 2 aromatic heterocycles. The van der Waals surface area contributed by atoms with Crippen molar-refractivity contribution in [1.29, 1.82) is 0 Å². The topological polar surface area (TPSA) is 51.3 Å². The van der Waals surface area contributed by atoms with Gasteiger partial charge >= 0.3 is 6.18 Å². The number of carbonyl (C=O) groups excluding carboxylic acids is 1. The Morgan fingerprint density at radius 3 is 2.67 bits per heavy atom. The van der Waals surface area contributed by atoms with Crippen LogP contribution in [0.25, 0.3) is 21.8 Å². The monoisotopic (exact) mass is 510 g/mol. The lowest BCUT2D eigenvalue weighted by Gasteiger charge is -2.10. The molecule has 1 fully saturated rings. The molecule has 0 unspecified atom stereocenters. The van der Waals surface area contributed by atoms with Gasteiger partial charge < -0.3 is 5.32 Å². The van der Waals surface area contributed by atoms with Crippen LogP contribution in [0.15, 0.2) is 60.1 Å². The SMILES string of the molecule is [C-]#[N+]c1ccc(-c2ccn(-c3ccc(CNC(=O)c4sccc4C4CC4)c(F)c3)n2)cc1C(F)(F)F. The summed E-state index contributed by atoms with van der Waals surface area (Å²) in [4.78, 5) is 16.2. The van der Waals surface area contributed by atoms with E-state index < -0.39 is 23.2 Å². The average molecular weight is 511 g/mol. The Bertz CT molecular complexity index is 1490. The lowest BCUT2D eigenvalue weighted by atomic mass is 10.1. The second-order valence-electron chi connectivity index (χ2n) is 8.42. The van der Waals surface area contributed by atoms with Crippen molar-refractivity contribution in [3.63, 3.8) is 0 Å². The molecule has 0 atom stereocenters. The fourth-order valence-corrected chi connectivity index (χ4v) is 4.84. The summed E-state index contributed by atoms with van der Waals surface area (Å²) in [5.74, 6) is -0.327. The average Bonchev–Trinajstić information content (AvgIpc) is 3.37. The van der Waals surface area contributed by atoms with Crippen LogP contribution in [0.3, 0.4) is 0 Å². The fourth-order valence-electron chi connectivity index (χ4n) is 3.94. The Morgan fingerprint density at radius 1 is 1.17 bits per heavy atom. The highest BCUT2D eigenvalue weighted by Gasteiger charge is 2.34. The highest BCUT2D eigenvalue weighted by molar-refractivity contribution is 7.12. The first kappa shape index (κ1) is 23.8. The summed E-state index contributed by atoms with van der Waals surface area (Å²) in [6.07, 6.45) is -0.996. The molecule has 1 aliphatic rings. The van der Waals surface area contributed by atoms with Crippen molar-refractivity contribution >= 4 is 22.9 Å². The minimum atomic E-state index is -4.67. The molecule has 1 amide bonds. The minimum Gasteiger partial charge on any atom is -0.347 e. The van der Waals surface area contributed by atoms with Crippen molar-refractivity contribution < 1.29 is 22.4 Å². The Labute approximate surface area is 207 Å². The number of rotatable bonds is 6. The maximum atomic E-state index is 14.8. The molecule has 0 bridgehead atoms. The highest BCUT2D eigenvalue weighted by Crippen LogP contribution is 2.43. The number of thiophene rings is 1. The van der Waals surface area contributed by atoms with E-state index in [1.165, 1.54) is 46.5 Å². The Morgan fingerprint density at radius 2 is 1.97 bits per heavy atom. The molecule has 0 radical (unpaired) electrons.